The monoisotopic (exact) mass is 312 g/mol. The molecule has 17 heavy (non-hydrogen) atoms. The fourth-order valence-electron chi connectivity index (χ4n) is 2.39. The lowest BCUT2D eigenvalue weighted by Crippen LogP contribution is -2.25. The molecule has 1 N–H and O–H groups in total. The standard InChI is InChI=1S/C12H13BrN2OS/c13-8-3-4-11-10(6-8)14-12(16)15(11)9-2-1-5-17-7-9/h3-4,6,9H,1-2,5,7H2,(H,14,16). The van der Waals surface area contributed by atoms with E-state index in [1.54, 1.807) is 0 Å². The highest BCUT2D eigenvalue weighted by Crippen LogP contribution is 2.28. The van der Waals surface area contributed by atoms with E-state index in [-0.39, 0.29) is 5.69 Å². The number of hydrogen-bond donors (Lipinski definition) is 1. The first kappa shape index (κ1) is 11.4. The van der Waals surface area contributed by atoms with Gasteiger partial charge in [-0.2, -0.15) is 11.8 Å². The van der Waals surface area contributed by atoms with Gasteiger partial charge in [0.1, 0.15) is 0 Å². The maximum absolute atomic E-state index is 12.0. The molecular formula is C12H13BrN2OS. The summed E-state index contributed by atoms with van der Waals surface area (Å²) in [5, 5.41) is 0. The van der Waals surface area contributed by atoms with Crippen LogP contribution in [-0.2, 0) is 0 Å². The van der Waals surface area contributed by atoms with E-state index in [4.69, 9.17) is 0 Å². The predicted octanol–water partition coefficient (Wildman–Crippen LogP) is 3.16. The van der Waals surface area contributed by atoms with Gasteiger partial charge >= 0.3 is 5.69 Å². The summed E-state index contributed by atoms with van der Waals surface area (Å²) in [5.41, 5.74) is 1.95. The van der Waals surface area contributed by atoms with Gasteiger partial charge in [0.2, 0.25) is 0 Å². The highest BCUT2D eigenvalue weighted by molar-refractivity contribution is 9.10. The lowest BCUT2D eigenvalue weighted by Gasteiger charge is -2.22. The molecule has 2 aromatic rings. The Morgan fingerprint density at radius 1 is 1.47 bits per heavy atom. The van der Waals surface area contributed by atoms with Crippen molar-refractivity contribution in [1.29, 1.82) is 0 Å². The lowest BCUT2D eigenvalue weighted by atomic mass is 10.2. The highest BCUT2D eigenvalue weighted by atomic mass is 79.9. The predicted molar refractivity (Wildman–Crippen MR) is 75.9 cm³/mol. The second-order valence-corrected chi connectivity index (χ2v) is 6.40. The molecule has 1 aliphatic rings. The van der Waals surface area contributed by atoms with E-state index in [0.717, 1.165) is 27.7 Å². The number of benzene rings is 1. The molecule has 2 heterocycles. The van der Waals surface area contributed by atoms with Gasteiger partial charge in [-0.1, -0.05) is 15.9 Å². The number of aromatic nitrogens is 2. The second-order valence-electron chi connectivity index (χ2n) is 4.33. The van der Waals surface area contributed by atoms with Gasteiger partial charge in [0, 0.05) is 16.3 Å². The molecular weight excluding hydrogens is 300 g/mol. The van der Waals surface area contributed by atoms with E-state index in [1.807, 2.05) is 34.5 Å². The van der Waals surface area contributed by atoms with E-state index in [2.05, 4.69) is 20.9 Å². The first-order valence-corrected chi connectivity index (χ1v) is 7.68. The van der Waals surface area contributed by atoms with E-state index in [0.29, 0.717) is 6.04 Å². The highest BCUT2D eigenvalue weighted by Gasteiger charge is 2.19. The molecule has 0 aliphatic carbocycles. The SMILES string of the molecule is O=c1[nH]c2cc(Br)ccc2n1C1CCCSC1. The molecule has 3 rings (SSSR count). The van der Waals surface area contributed by atoms with Crippen molar-refractivity contribution < 1.29 is 0 Å². The van der Waals surface area contributed by atoms with Crippen molar-refractivity contribution in [2.45, 2.75) is 18.9 Å². The number of rotatable bonds is 1. The number of fused-ring (bicyclic) bond motifs is 1. The Balaban J connectivity index is 2.14. The Bertz CT molecular complexity index is 598. The topological polar surface area (TPSA) is 37.8 Å². The largest absolute Gasteiger partial charge is 0.326 e. The van der Waals surface area contributed by atoms with Crippen LogP contribution in [0.5, 0.6) is 0 Å². The van der Waals surface area contributed by atoms with Crippen LogP contribution < -0.4 is 5.69 Å². The third kappa shape index (κ3) is 2.06. The van der Waals surface area contributed by atoms with Gasteiger partial charge in [0.15, 0.2) is 0 Å². The second kappa shape index (κ2) is 4.53. The zero-order valence-corrected chi connectivity index (χ0v) is 11.7. The van der Waals surface area contributed by atoms with Crippen molar-refractivity contribution in [1.82, 2.24) is 9.55 Å². The smallest absolute Gasteiger partial charge is 0.305 e. The zero-order valence-electron chi connectivity index (χ0n) is 9.28. The van der Waals surface area contributed by atoms with Crippen LogP contribution in [0.3, 0.4) is 0 Å². The quantitative estimate of drug-likeness (QED) is 0.878. The van der Waals surface area contributed by atoms with Crippen molar-refractivity contribution in [3.05, 3.63) is 33.2 Å². The van der Waals surface area contributed by atoms with Gasteiger partial charge in [-0.3, -0.25) is 4.57 Å². The lowest BCUT2D eigenvalue weighted by molar-refractivity contribution is 0.499. The molecule has 1 fully saturated rings. The molecule has 0 bridgehead atoms. The van der Waals surface area contributed by atoms with Crippen LogP contribution >= 0.6 is 27.7 Å². The van der Waals surface area contributed by atoms with Crippen molar-refractivity contribution >= 4 is 38.7 Å². The Morgan fingerprint density at radius 2 is 2.35 bits per heavy atom. The van der Waals surface area contributed by atoms with Crippen LogP contribution in [0.15, 0.2) is 27.5 Å². The van der Waals surface area contributed by atoms with Crippen LogP contribution in [0.2, 0.25) is 0 Å². The van der Waals surface area contributed by atoms with Gasteiger partial charge in [0.05, 0.1) is 11.0 Å². The van der Waals surface area contributed by atoms with Gasteiger partial charge in [-0.15, -0.1) is 0 Å². The number of aromatic amines is 1. The van der Waals surface area contributed by atoms with Crippen LogP contribution in [0.1, 0.15) is 18.9 Å². The Hall–Kier alpha value is -0.680. The molecule has 1 atom stereocenters. The van der Waals surface area contributed by atoms with E-state index in [1.165, 1.54) is 12.2 Å². The molecule has 0 saturated carbocycles. The molecule has 0 amide bonds. The fourth-order valence-corrected chi connectivity index (χ4v) is 3.88. The molecule has 1 aromatic carbocycles. The number of H-pyrrole nitrogens is 1. The molecule has 1 aliphatic heterocycles. The van der Waals surface area contributed by atoms with E-state index in [9.17, 15) is 4.79 Å². The van der Waals surface area contributed by atoms with Gasteiger partial charge < -0.3 is 4.98 Å². The fraction of sp³-hybridized carbons (Fsp3) is 0.417. The molecule has 1 aromatic heterocycles. The van der Waals surface area contributed by atoms with E-state index >= 15 is 0 Å². The minimum atomic E-state index is 0.0191. The third-order valence-corrected chi connectivity index (χ3v) is 4.87. The summed E-state index contributed by atoms with van der Waals surface area (Å²) in [5.74, 6) is 2.27. The summed E-state index contributed by atoms with van der Waals surface area (Å²) in [7, 11) is 0. The van der Waals surface area contributed by atoms with Gasteiger partial charge in [0.25, 0.3) is 0 Å². The van der Waals surface area contributed by atoms with Crippen LogP contribution in [0.25, 0.3) is 11.0 Å². The van der Waals surface area contributed by atoms with Crippen molar-refractivity contribution in [3.8, 4) is 0 Å². The zero-order chi connectivity index (χ0) is 11.8. The number of imidazole rings is 1. The molecule has 5 heteroatoms. The summed E-state index contributed by atoms with van der Waals surface area (Å²) >= 11 is 5.37. The minimum Gasteiger partial charge on any atom is -0.305 e. The number of nitrogens with one attached hydrogen (secondary N) is 1. The normalized spacial score (nSPS) is 20.9. The van der Waals surface area contributed by atoms with Crippen LogP contribution in [0, 0.1) is 0 Å². The molecule has 0 spiro atoms. The summed E-state index contributed by atoms with van der Waals surface area (Å²) in [6.07, 6.45) is 2.31. The Labute approximate surface area is 112 Å². The van der Waals surface area contributed by atoms with Crippen LogP contribution in [0.4, 0.5) is 0 Å². The van der Waals surface area contributed by atoms with Crippen LogP contribution in [-0.4, -0.2) is 21.1 Å². The summed E-state index contributed by atoms with van der Waals surface area (Å²) in [4.78, 5) is 15.0. The molecule has 1 saturated heterocycles. The average molecular weight is 313 g/mol. The summed E-state index contributed by atoms with van der Waals surface area (Å²) < 4.78 is 2.92. The van der Waals surface area contributed by atoms with Gasteiger partial charge in [-0.05, 0) is 36.8 Å². The number of hydrogen-bond acceptors (Lipinski definition) is 2. The minimum absolute atomic E-state index is 0.0191. The van der Waals surface area contributed by atoms with Crippen molar-refractivity contribution in [2.75, 3.05) is 11.5 Å². The maximum atomic E-state index is 12.0. The number of thioether (sulfide) groups is 1. The van der Waals surface area contributed by atoms with Crippen molar-refractivity contribution in [2.24, 2.45) is 0 Å². The van der Waals surface area contributed by atoms with Crippen molar-refractivity contribution in [3.63, 3.8) is 0 Å². The third-order valence-electron chi connectivity index (χ3n) is 3.18. The summed E-state index contributed by atoms with van der Waals surface area (Å²) in [6, 6.07) is 6.30. The van der Waals surface area contributed by atoms with E-state index < -0.39 is 0 Å². The summed E-state index contributed by atoms with van der Waals surface area (Å²) in [6.45, 7) is 0. The first-order valence-electron chi connectivity index (χ1n) is 5.73. The molecule has 0 radical (unpaired) electrons. The Morgan fingerprint density at radius 3 is 3.12 bits per heavy atom. The maximum Gasteiger partial charge on any atom is 0.326 e. The number of nitrogens with zero attached hydrogens (tertiary/aromatic N) is 1. The first-order chi connectivity index (χ1) is 8.25. The molecule has 90 valence electrons. The number of halogens is 1. The average Bonchev–Trinajstić information content (AvgIpc) is 2.65. The molecule has 1 unspecified atom stereocenters. The molecule has 3 nitrogen and oxygen atoms in total. The Kier molecular flexibility index (Phi) is 3.04. The van der Waals surface area contributed by atoms with Gasteiger partial charge in [-0.25, -0.2) is 4.79 Å².